The molecule has 0 aromatic rings. The van der Waals surface area contributed by atoms with Gasteiger partial charge in [0.2, 0.25) is 12.2 Å². The molecular formula is C14H26N2O2. The minimum Gasteiger partial charge on any atom is -0.222 e. The molecule has 0 atom stereocenters. The van der Waals surface area contributed by atoms with E-state index in [1.807, 2.05) is 0 Å². The largest absolute Gasteiger partial charge is 0.231 e. The van der Waals surface area contributed by atoms with Crippen LogP contribution in [0.15, 0.2) is 12.2 Å². The van der Waals surface area contributed by atoms with Gasteiger partial charge in [-0.2, -0.15) is 0 Å². The van der Waals surface area contributed by atoms with Gasteiger partial charge in [0.15, 0.2) is 0 Å². The summed E-state index contributed by atoms with van der Waals surface area (Å²) >= 11 is 0. The Morgan fingerprint density at radius 3 is 1.67 bits per heavy atom. The molecule has 0 unspecified atom stereocenters. The van der Waals surface area contributed by atoms with Crippen molar-refractivity contribution in [1.82, 2.24) is 0 Å². The maximum absolute atomic E-state index is 8.35. The molecule has 0 heterocycles. The number of nitrogens with one attached hydrogen (secondary N) is 2. The van der Waals surface area contributed by atoms with E-state index in [9.17, 15) is 0 Å². The maximum atomic E-state index is 8.35. The summed E-state index contributed by atoms with van der Waals surface area (Å²) in [6.45, 7) is 4.37. The summed E-state index contributed by atoms with van der Waals surface area (Å²) in [6.07, 6.45) is 17.1. The smallest absolute Gasteiger partial charge is 0.222 e. The topological polar surface area (TPSA) is 81.8 Å². The van der Waals surface area contributed by atoms with Gasteiger partial charge in [0.05, 0.1) is 0 Å². The molecule has 104 valence electrons. The number of allylic oxidation sites excluding steroid dienone is 2. The molecule has 0 amide bonds. The second-order valence-electron chi connectivity index (χ2n) is 3.68. The average Bonchev–Trinajstić information content (AvgIpc) is 2.35. The summed E-state index contributed by atoms with van der Waals surface area (Å²) in [5.74, 6) is 0. The Morgan fingerprint density at radius 2 is 1.28 bits per heavy atom. The van der Waals surface area contributed by atoms with E-state index in [0.29, 0.717) is 0 Å². The zero-order valence-electron chi connectivity index (χ0n) is 11.6. The van der Waals surface area contributed by atoms with E-state index in [4.69, 9.17) is 20.4 Å². The first-order valence-corrected chi connectivity index (χ1v) is 6.43. The van der Waals surface area contributed by atoms with E-state index in [1.165, 1.54) is 51.4 Å². The van der Waals surface area contributed by atoms with Crippen LogP contribution >= 0.6 is 0 Å². The van der Waals surface area contributed by atoms with Crippen LogP contribution in [0.5, 0.6) is 0 Å². The average molecular weight is 254 g/mol. The lowest BCUT2D eigenvalue weighted by Crippen LogP contribution is -1.78. The summed E-state index contributed by atoms with van der Waals surface area (Å²) in [6, 6.07) is 0. The van der Waals surface area contributed by atoms with Crippen LogP contribution in [0.2, 0.25) is 0 Å². The van der Waals surface area contributed by atoms with Gasteiger partial charge >= 0.3 is 0 Å². The Hall–Kier alpha value is -1.50. The van der Waals surface area contributed by atoms with Crippen LogP contribution in [0, 0.1) is 10.8 Å². The number of unbranched alkanes of at least 4 members (excludes halogenated alkanes) is 7. The first-order chi connectivity index (χ1) is 8.74. The van der Waals surface area contributed by atoms with E-state index in [-0.39, 0.29) is 0 Å². The molecule has 4 heteroatoms. The summed E-state index contributed by atoms with van der Waals surface area (Å²) in [7, 11) is 0. The van der Waals surface area contributed by atoms with Crippen molar-refractivity contribution in [3.8, 4) is 0 Å². The molecule has 4 nitrogen and oxygen atoms in total. The fraction of sp³-hybridized carbons (Fsp3) is 0.714. The molecule has 0 bridgehead atoms. The predicted molar refractivity (Wildman–Crippen MR) is 74.3 cm³/mol. The zero-order valence-corrected chi connectivity index (χ0v) is 11.6. The summed E-state index contributed by atoms with van der Waals surface area (Å²) < 4.78 is 0. The highest BCUT2D eigenvalue weighted by Crippen LogP contribution is 2.08. The number of hydrogen-bond donors (Lipinski definition) is 2. The number of isocyanates is 2. The SMILES string of the molecule is CC=CCCCCCCCCC.N=C=O.N=C=O. The molecule has 0 aliphatic rings. The molecule has 0 spiro atoms. The van der Waals surface area contributed by atoms with Crippen molar-refractivity contribution in [3.05, 3.63) is 12.2 Å². The van der Waals surface area contributed by atoms with E-state index in [1.54, 1.807) is 0 Å². The maximum Gasteiger partial charge on any atom is 0.231 e. The van der Waals surface area contributed by atoms with E-state index < -0.39 is 0 Å². The van der Waals surface area contributed by atoms with Gasteiger partial charge < -0.3 is 0 Å². The highest BCUT2D eigenvalue weighted by atomic mass is 16.1. The predicted octanol–water partition coefficient (Wildman–Crippen LogP) is 4.51. The van der Waals surface area contributed by atoms with Crippen LogP contribution in [0.1, 0.15) is 65.2 Å². The molecule has 0 aromatic heterocycles. The van der Waals surface area contributed by atoms with E-state index >= 15 is 0 Å². The third-order valence-electron chi connectivity index (χ3n) is 2.21. The lowest BCUT2D eigenvalue weighted by atomic mass is 10.1. The Bertz CT molecular complexity index is 214. The molecule has 0 fully saturated rings. The van der Waals surface area contributed by atoms with Gasteiger partial charge in [0.1, 0.15) is 0 Å². The van der Waals surface area contributed by atoms with Crippen molar-refractivity contribution in [1.29, 1.82) is 10.8 Å². The molecule has 0 aliphatic carbocycles. The molecule has 0 saturated carbocycles. The second kappa shape index (κ2) is 29.6. The number of carbonyl (C=O) groups excluding carboxylic acids is 2. The fourth-order valence-electron chi connectivity index (χ4n) is 1.39. The van der Waals surface area contributed by atoms with Crippen molar-refractivity contribution in [2.75, 3.05) is 0 Å². The molecule has 0 aliphatic heterocycles. The highest BCUT2D eigenvalue weighted by Gasteiger charge is 1.88. The summed E-state index contributed by atoms with van der Waals surface area (Å²) in [4.78, 5) is 16.7. The number of hydrogen-bond acceptors (Lipinski definition) is 4. The minimum atomic E-state index is 0.750. The van der Waals surface area contributed by atoms with Gasteiger partial charge in [-0.25, -0.2) is 20.4 Å². The van der Waals surface area contributed by atoms with E-state index in [0.717, 1.165) is 12.2 Å². The van der Waals surface area contributed by atoms with Crippen LogP contribution in [-0.4, -0.2) is 12.2 Å². The van der Waals surface area contributed by atoms with Gasteiger partial charge in [-0.15, -0.1) is 0 Å². The molecule has 0 saturated heterocycles. The molecule has 0 radical (unpaired) electrons. The number of rotatable bonds is 8. The highest BCUT2D eigenvalue weighted by molar-refractivity contribution is 5.26. The summed E-state index contributed by atoms with van der Waals surface area (Å²) in [5, 5.41) is 10.8. The van der Waals surface area contributed by atoms with Crippen LogP contribution < -0.4 is 0 Å². The lowest BCUT2D eigenvalue weighted by molar-refractivity contribution is 0.562. The van der Waals surface area contributed by atoms with Crippen LogP contribution in [-0.2, 0) is 9.59 Å². The van der Waals surface area contributed by atoms with Gasteiger partial charge in [-0.05, 0) is 19.8 Å². The van der Waals surface area contributed by atoms with Crippen LogP contribution in [0.3, 0.4) is 0 Å². The standard InChI is InChI=1S/C12H24.2CHNO/c1-3-5-7-9-11-12-10-8-6-4-2;2*2-1-3/h3,5H,4,6-12H2,1-2H3;2*2H. The minimum absolute atomic E-state index is 0.750. The molecular weight excluding hydrogens is 228 g/mol. The monoisotopic (exact) mass is 254 g/mol. The Balaban J connectivity index is -0.000000315. The molecule has 0 aromatic carbocycles. The lowest BCUT2D eigenvalue weighted by Gasteiger charge is -1.98. The van der Waals surface area contributed by atoms with Crippen molar-refractivity contribution < 1.29 is 9.59 Å². The Labute approximate surface area is 110 Å². The first kappa shape index (κ1) is 21.8. The zero-order chi connectivity index (χ0) is 14.5. The van der Waals surface area contributed by atoms with E-state index in [2.05, 4.69) is 26.0 Å². The Kier molecular flexibility index (Phi) is 35.7. The molecule has 0 rings (SSSR count). The van der Waals surface area contributed by atoms with Gasteiger partial charge in [-0.1, -0.05) is 57.6 Å². The summed E-state index contributed by atoms with van der Waals surface area (Å²) in [5.41, 5.74) is 0. The van der Waals surface area contributed by atoms with Crippen LogP contribution in [0.25, 0.3) is 0 Å². The van der Waals surface area contributed by atoms with Gasteiger partial charge in [-0.3, -0.25) is 0 Å². The third kappa shape index (κ3) is 47.0. The van der Waals surface area contributed by atoms with Gasteiger partial charge in [0.25, 0.3) is 0 Å². The molecule has 18 heavy (non-hydrogen) atoms. The first-order valence-electron chi connectivity index (χ1n) is 6.43. The van der Waals surface area contributed by atoms with Crippen molar-refractivity contribution in [2.24, 2.45) is 0 Å². The van der Waals surface area contributed by atoms with Crippen molar-refractivity contribution in [3.63, 3.8) is 0 Å². The van der Waals surface area contributed by atoms with Gasteiger partial charge in [0, 0.05) is 0 Å². The van der Waals surface area contributed by atoms with Crippen molar-refractivity contribution >= 4 is 12.2 Å². The van der Waals surface area contributed by atoms with Crippen molar-refractivity contribution in [2.45, 2.75) is 65.2 Å². The quantitative estimate of drug-likeness (QED) is 0.289. The Morgan fingerprint density at radius 1 is 0.889 bits per heavy atom. The second-order valence-corrected chi connectivity index (χ2v) is 3.68. The fourth-order valence-corrected chi connectivity index (χ4v) is 1.39. The normalized spacial score (nSPS) is 8.33. The third-order valence-corrected chi connectivity index (χ3v) is 2.21. The molecule has 2 N–H and O–H groups in total. The van der Waals surface area contributed by atoms with Crippen LogP contribution in [0.4, 0.5) is 0 Å².